The standard InChI is InChI=1S/C35H26Br2N2O3S/c1-41-29-14-8-7-13-26(29)32-27-16-15-22-11-5-6-12-25(22)31(27)38-35-39(32)34(40)30(43-35)18-23-17-24(36)19-28(37)33(23)42-20-21-9-3-2-4-10-21/h2-14,17-19,32H,15-16,20H2,1H3/b30-18+/t32-/m1/s1. The Kier molecular flexibility index (Phi) is 7.67. The molecule has 0 saturated heterocycles. The Bertz CT molecular complexity index is 2080. The Morgan fingerprint density at radius 2 is 1.74 bits per heavy atom. The number of aromatic nitrogens is 1. The van der Waals surface area contributed by atoms with Crippen LogP contribution in [0.3, 0.4) is 0 Å². The zero-order valence-electron chi connectivity index (χ0n) is 23.2. The first-order valence-electron chi connectivity index (χ1n) is 13.9. The number of thiazole rings is 1. The summed E-state index contributed by atoms with van der Waals surface area (Å²) in [5, 5.41) is 0. The first kappa shape index (κ1) is 28.1. The second-order valence-electron chi connectivity index (χ2n) is 10.4. The summed E-state index contributed by atoms with van der Waals surface area (Å²) in [6, 6.07) is 30.0. The Balaban J connectivity index is 1.42. The number of ether oxygens (including phenoxy) is 2. The van der Waals surface area contributed by atoms with Gasteiger partial charge >= 0.3 is 0 Å². The van der Waals surface area contributed by atoms with Gasteiger partial charge in [0.1, 0.15) is 18.1 Å². The van der Waals surface area contributed by atoms with Crippen molar-refractivity contribution in [3.05, 3.63) is 153 Å². The minimum atomic E-state index is -0.319. The van der Waals surface area contributed by atoms with Gasteiger partial charge in [0, 0.05) is 21.2 Å². The number of benzene rings is 4. The largest absolute Gasteiger partial charge is 0.496 e. The van der Waals surface area contributed by atoms with Gasteiger partial charge < -0.3 is 9.47 Å². The number of nitrogens with zero attached hydrogens (tertiary/aromatic N) is 2. The SMILES string of the molecule is COc1ccccc1[C@@H]1C2=C(N=c3s/c(=C/c4cc(Br)cc(Br)c4OCc4ccccc4)c(=O)n31)c1ccccc1CC2. The van der Waals surface area contributed by atoms with Crippen LogP contribution < -0.4 is 24.4 Å². The van der Waals surface area contributed by atoms with Crippen LogP contribution in [0.25, 0.3) is 11.8 Å². The minimum absolute atomic E-state index is 0.0878. The van der Waals surface area contributed by atoms with Crippen molar-refractivity contribution >= 4 is 55.0 Å². The lowest BCUT2D eigenvalue weighted by Gasteiger charge is -2.31. The van der Waals surface area contributed by atoms with Crippen LogP contribution in [0.15, 0.2) is 115 Å². The number of hydrogen-bond donors (Lipinski definition) is 0. The quantitative estimate of drug-likeness (QED) is 0.184. The summed E-state index contributed by atoms with van der Waals surface area (Å²) in [7, 11) is 1.68. The summed E-state index contributed by atoms with van der Waals surface area (Å²) in [5.41, 5.74) is 7.24. The van der Waals surface area contributed by atoms with Gasteiger partial charge in [-0.2, -0.15) is 0 Å². The van der Waals surface area contributed by atoms with Crippen LogP contribution in [0.2, 0.25) is 0 Å². The number of rotatable bonds is 6. The van der Waals surface area contributed by atoms with Crippen molar-refractivity contribution in [1.29, 1.82) is 0 Å². The second-order valence-corrected chi connectivity index (χ2v) is 13.2. The maximum absolute atomic E-state index is 14.3. The van der Waals surface area contributed by atoms with E-state index in [1.807, 2.05) is 71.3 Å². The van der Waals surface area contributed by atoms with E-state index in [1.54, 1.807) is 7.11 Å². The lowest BCUT2D eigenvalue weighted by molar-refractivity contribution is 0.303. The van der Waals surface area contributed by atoms with E-state index in [9.17, 15) is 4.79 Å². The van der Waals surface area contributed by atoms with E-state index in [0.29, 0.717) is 21.7 Å². The van der Waals surface area contributed by atoms with Crippen molar-refractivity contribution in [3.8, 4) is 11.5 Å². The predicted octanol–water partition coefficient (Wildman–Crippen LogP) is 7.43. The normalized spacial score (nSPS) is 15.8. The molecule has 2 heterocycles. The third-order valence-corrected chi connectivity index (χ3v) is 9.89. The number of aryl methyl sites for hydroxylation is 1. The molecule has 0 spiro atoms. The molecule has 1 aromatic heterocycles. The van der Waals surface area contributed by atoms with E-state index in [2.05, 4.69) is 62.2 Å². The van der Waals surface area contributed by atoms with E-state index in [-0.39, 0.29) is 11.6 Å². The summed E-state index contributed by atoms with van der Waals surface area (Å²) in [6.07, 6.45) is 3.63. The molecule has 1 aliphatic heterocycles. The van der Waals surface area contributed by atoms with E-state index in [1.165, 1.54) is 16.9 Å². The Morgan fingerprint density at radius 1 is 0.977 bits per heavy atom. The molecular formula is C35H26Br2N2O3S. The van der Waals surface area contributed by atoms with Crippen molar-refractivity contribution in [2.24, 2.45) is 4.99 Å². The summed E-state index contributed by atoms with van der Waals surface area (Å²) in [6.45, 7) is 0.406. The molecule has 0 bridgehead atoms. The van der Waals surface area contributed by atoms with Crippen LogP contribution in [-0.2, 0) is 13.0 Å². The maximum atomic E-state index is 14.3. The van der Waals surface area contributed by atoms with E-state index < -0.39 is 0 Å². The molecule has 0 amide bonds. The molecule has 1 atom stereocenters. The first-order valence-corrected chi connectivity index (χ1v) is 16.3. The Morgan fingerprint density at radius 3 is 2.58 bits per heavy atom. The summed E-state index contributed by atoms with van der Waals surface area (Å²) >= 11 is 8.70. The summed E-state index contributed by atoms with van der Waals surface area (Å²) in [5.74, 6) is 1.43. The molecular weight excluding hydrogens is 688 g/mol. The van der Waals surface area contributed by atoms with Gasteiger partial charge in [-0.15, -0.1) is 0 Å². The number of para-hydroxylation sites is 1. The fourth-order valence-corrected chi connectivity index (χ4v) is 8.27. The molecule has 0 N–H and O–H groups in total. The van der Waals surface area contributed by atoms with Gasteiger partial charge in [0.2, 0.25) is 0 Å². The third kappa shape index (κ3) is 5.22. The van der Waals surface area contributed by atoms with Crippen molar-refractivity contribution < 1.29 is 9.47 Å². The molecule has 0 unspecified atom stereocenters. The molecule has 2 aliphatic rings. The van der Waals surface area contributed by atoms with Crippen LogP contribution in [0.1, 0.15) is 40.3 Å². The third-order valence-electron chi connectivity index (χ3n) is 7.86. The highest BCUT2D eigenvalue weighted by Crippen LogP contribution is 2.43. The Hall–Kier alpha value is -3.72. The first-order chi connectivity index (χ1) is 21.0. The van der Waals surface area contributed by atoms with E-state index in [0.717, 1.165) is 61.1 Å². The lowest BCUT2D eigenvalue weighted by atomic mass is 9.83. The van der Waals surface area contributed by atoms with Crippen molar-refractivity contribution in [2.75, 3.05) is 7.11 Å². The molecule has 5 aromatic rings. The fourth-order valence-electron chi connectivity index (χ4n) is 5.90. The summed E-state index contributed by atoms with van der Waals surface area (Å²) in [4.78, 5) is 20.2. The van der Waals surface area contributed by atoms with E-state index >= 15 is 0 Å². The van der Waals surface area contributed by atoms with Crippen LogP contribution in [0.4, 0.5) is 0 Å². The zero-order chi connectivity index (χ0) is 29.5. The molecule has 5 nitrogen and oxygen atoms in total. The highest BCUT2D eigenvalue weighted by Gasteiger charge is 2.34. The Labute approximate surface area is 269 Å². The molecule has 214 valence electrons. The van der Waals surface area contributed by atoms with Gasteiger partial charge in [-0.25, -0.2) is 4.99 Å². The van der Waals surface area contributed by atoms with Crippen LogP contribution >= 0.6 is 43.2 Å². The van der Waals surface area contributed by atoms with Gasteiger partial charge in [-0.1, -0.05) is 100 Å². The van der Waals surface area contributed by atoms with Crippen LogP contribution in [0, 0.1) is 0 Å². The van der Waals surface area contributed by atoms with Gasteiger partial charge in [0.05, 0.1) is 27.9 Å². The second kappa shape index (κ2) is 11.8. The smallest absolute Gasteiger partial charge is 0.271 e. The maximum Gasteiger partial charge on any atom is 0.271 e. The van der Waals surface area contributed by atoms with E-state index in [4.69, 9.17) is 14.5 Å². The molecule has 0 radical (unpaired) electrons. The van der Waals surface area contributed by atoms with Crippen molar-refractivity contribution in [3.63, 3.8) is 0 Å². The van der Waals surface area contributed by atoms with Gasteiger partial charge in [-0.3, -0.25) is 9.36 Å². The average molecular weight is 714 g/mol. The number of halogens is 2. The monoisotopic (exact) mass is 712 g/mol. The molecule has 4 aromatic carbocycles. The van der Waals surface area contributed by atoms with Crippen molar-refractivity contribution in [1.82, 2.24) is 4.57 Å². The number of hydrogen-bond acceptors (Lipinski definition) is 5. The average Bonchev–Trinajstić information content (AvgIpc) is 3.34. The summed E-state index contributed by atoms with van der Waals surface area (Å²) < 4.78 is 16.2. The minimum Gasteiger partial charge on any atom is -0.496 e. The molecule has 43 heavy (non-hydrogen) atoms. The molecule has 1 aliphatic carbocycles. The molecule has 7 rings (SSSR count). The lowest BCUT2D eigenvalue weighted by Crippen LogP contribution is -2.39. The van der Waals surface area contributed by atoms with Crippen LogP contribution in [-0.4, -0.2) is 11.7 Å². The molecule has 8 heteroatoms. The zero-order valence-corrected chi connectivity index (χ0v) is 27.2. The highest BCUT2D eigenvalue weighted by molar-refractivity contribution is 9.11. The molecule has 0 fully saturated rings. The number of fused-ring (bicyclic) bond motifs is 3. The fraction of sp³-hybridized carbons (Fsp3) is 0.143. The predicted molar refractivity (Wildman–Crippen MR) is 178 cm³/mol. The van der Waals surface area contributed by atoms with Crippen LogP contribution in [0.5, 0.6) is 11.5 Å². The van der Waals surface area contributed by atoms with Gasteiger partial charge in [0.15, 0.2) is 4.80 Å². The van der Waals surface area contributed by atoms with Gasteiger partial charge in [0.25, 0.3) is 5.56 Å². The number of allylic oxidation sites excluding steroid dienone is 1. The van der Waals surface area contributed by atoms with Crippen molar-refractivity contribution in [2.45, 2.75) is 25.5 Å². The van der Waals surface area contributed by atoms with Gasteiger partial charge in [-0.05, 0) is 69.7 Å². The topological polar surface area (TPSA) is 52.8 Å². The highest BCUT2D eigenvalue weighted by atomic mass is 79.9. The number of methoxy groups -OCH3 is 1. The molecule has 0 saturated carbocycles.